The Bertz CT molecular complexity index is 401. The van der Waals surface area contributed by atoms with E-state index in [0.717, 1.165) is 12.1 Å². The predicted molar refractivity (Wildman–Crippen MR) is 61.4 cm³/mol. The molecule has 1 heterocycles. The molecule has 1 atom stereocenters. The van der Waals surface area contributed by atoms with Gasteiger partial charge in [-0.15, -0.1) is 0 Å². The number of nitrogens with zero attached hydrogens (tertiary/aromatic N) is 1. The Balaban J connectivity index is 1.81. The minimum absolute atomic E-state index is 0.0207. The fourth-order valence-electron chi connectivity index (χ4n) is 1.58. The lowest BCUT2D eigenvalue weighted by molar-refractivity contribution is 0.0753. The molecule has 0 unspecified atom stereocenters. The molecule has 1 aromatic carbocycles. The van der Waals surface area contributed by atoms with Crippen LogP contribution in [-0.2, 0) is 4.84 Å². The average molecular weight is 218 g/mol. The van der Waals surface area contributed by atoms with E-state index in [9.17, 15) is 4.79 Å². The Kier molecular flexibility index (Phi) is 3.19. The zero-order valence-electron chi connectivity index (χ0n) is 9.14. The number of hydrogen-bond donors (Lipinski definition) is 1. The highest BCUT2D eigenvalue weighted by Gasteiger charge is 2.18. The lowest BCUT2D eigenvalue weighted by atomic mass is 10.2. The summed E-state index contributed by atoms with van der Waals surface area (Å²) >= 11 is 0. The first kappa shape index (κ1) is 10.7. The highest BCUT2D eigenvalue weighted by atomic mass is 16.6. The third-order valence-corrected chi connectivity index (χ3v) is 2.41. The van der Waals surface area contributed by atoms with Crippen molar-refractivity contribution in [3.63, 3.8) is 0 Å². The fraction of sp³-hybridized carbons (Fsp3) is 0.333. The van der Waals surface area contributed by atoms with Gasteiger partial charge in [-0.05, 0) is 19.1 Å². The summed E-state index contributed by atoms with van der Waals surface area (Å²) in [5.41, 5.74) is 1.64. The van der Waals surface area contributed by atoms with Gasteiger partial charge in [0.25, 0.3) is 5.91 Å². The summed E-state index contributed by atoms with van der Waals surface area (Å²) in [6.45, 7) is 2.41. The maximum atomic E-state index is 11.7. The Hall–Kier alpha value is -1.84. The van der Waals surface area contributed by atoms with Crippen LogP contribution in [0.3, 0.4) is 0 Å². The van der Waals surface area contributed by atoms with E-state index >= 15 is 0 Å². The maximum Gasteiger partial charge on any atom is 0.251 e. The summed E-state index contributed by atoms with van der Waals surface area (Å²) in [5.74, 6) is -0.0752. The monoisotopic (exact) mass is 218 g/mol. The van der Waals surface area contributed by atoms with Crippen LogP contribution in [0.25, 0.3) is 0 Å². The van der Waals surface area contributed by atoms with E-state index < -0.39 is 0 Å². The van der Waals surface area contributed by atoms with Gasteiger partial charge < -0.3 is 10.2 Å². The molecule has 0 spiro atoms. The number of oxime groups is 1. The molecule has 0 aromatic heterocycles. The molecule has 0 saturated heterocycles. The minimum atomic E-state index is -0.0752. The molecule has 0 aliphatic carbocycles. The van der Waals surface area contributed by atoms with Crippen LogP contribution in [-0.4, -0.2) is 24.3 Å². The second kappa shape index (κ2) is 4.79. The quantitative estimate of drug-likeness (QED) is 0.837. The summed E-state index contributed by atoms with van der Waals surface area (Å²) in [6, 6.07) is 9.13. The standard InChI is InChI=1S/C12H14N2O2/c1-9-7-11(16-14-9)8-13-12(15)10-5-3-2-4-6-10/h2-6,11H,7-8H2,1H3,(H,13,15)/t11-/m0/s1. The lowest BCUT2D eigenvalue weighted by Gasteiger charge is -2.09. The first-order valence-electron chi connectivity index (χ1n) is 5.28. The van der Waals surface area contributed by atoms with Crippen molar-refractivity contribution in [2.45, 2.75) is 19.4 Å². The van der Waals surface area contributed by atoms with Crippen molar-refractivity contribution < 1.29 is 9.63 Å². The molecular weight excluding hydrogens is 204 g/mol. The molecule has 1 N–H and O–H groups in total. The highest BCUT2D eigenvalue weighted by molar-refractivity contribution is 5.94. The van der Waals surface area contributed by atoms with Crippen molar-refractivity contribution >= 4 is 11.6 Å². The number of carbonyl (C=O) groups is 1. The molecule has 84 valence electrons. The Morgan fingerprint density at radius 3 is 2.88 bits per heavy atom. The number of benzene rings is 1. The Morgan fingerprint density at radius 2 is 2.25 bits per heavy atom. The number of nitrogens with one attached hydrogen (secondary N) is 1. The van der Waals surface area contributed by atoms with Crippen molar-refractivity contribution in [3.05, 3.63) is 35.9 Å². The van der Waals surface area contributed by atoms with Gasteiger partial charge in [-0.1, -0.05) is 23.4 Å². The van der Waals surface area contributed by atoms with E-state index in [2.05, 4.69) is 10.5 Å². The number of amides is 1. The largest absolute Gasteiger partial charge is 0.390 e. The minimum Gasteiger partial charge on any atom is -0.390 e. The first-order valence-corrected chi connectivity index (χ1v) is 5.28. The van der Waals surface area contributed by atoms with Gasteiger partial charge in [0.2, 0.25) is 0 Å². The highest BCUT2D eigenvalue weighted by Crippen LogP contribution is 2.09. The van der Waals surface area contributed by atoms with Gasteiger partial charge in [0.15, 0.2) is 0 Å². The van der Waals surface area contributed by atoms with E-state index in [-0.39, 0.29) is 12.0 Å². The van der Waals surface area contributed by atoms with E-state index in [1.807, 2.05) is 25.1 Å². The average Bonchev–Trinajstić information content (AvgIpc) is 2.73. The fourth-order valence-corrected chi connectivity index (χ4v) is 1.58. The van der Waals surface area contributed by atoms with Gasteiger partial charge in [-0.25, -0.2) is 0 Å². The summed E-state index contributed by atoms with van der Waals surface area (Å²) < 4.78 is 0. The number of hydrogen-bond acceptors (Lipinski definition) is 3. The summed E-state index contributed by atoms with van der Waals surface area (Å²) in [6.07, 6.45) is 0.766. The molecule has 16 heavy (non-hydrogen) atoms. The van der Waals surface area contributed by atoms with Crippen LogP contribution < -0.4 is 5.32 Å². The van der Waals surface area contributed by atoms with Crippen LogP contribution in [0.4, 0.5) is 0 Å². The third-order valence-electron chi connectivity index (χ3n) is 2.41. The third kappa shape index (κ3) is 2.59. The number of rotatable bonds is 3. The molecule has 1 aliphatic rings. The van der Waals surface area contributed by atoms with Crippen molar-refractivity contribution in [1.82, 2.24) is 5.32 Å². The zero-order valence-corrected chi connectivity index (χ0v) is 9.14. The lowest BCUT2D eigenvalue weighted by Crippen LogP contribution is -2.32. The molecule has 0 bridgehead atoms. The summed E-state index contributed by atoms with van der Waals surface area (Å²) in [5, 5.41) is 6.66. The first-order chi connectivity index (χ1) is 7.75. The zero-order chi connectivity index (χ0) is 11.4. The van der Waals surface area contributed by atoms with E-state index in [1.165, 1.54) is 0 Å². The van der Waals surface area contributed by atoms with Crippen molar-refractivity contribution in [2.24, 2.45) is 5.16 Å². The predicted octanol–water partition coefficient (Wildman–Crippen LogP) is 1.58. The molecule has 2 rings (SSSR count). The van der Waals surface area contributed by atoms with Gasteiger partial charge in [0.1, 0.15) is 6.10 Å². The van der Waals surface area contributed by atoms with Crippen molar-refractivity contribution in [3.8, 4) is 0 Å². The number of carbonyl (C=O) groups excluding carboxylic acids is 1. The molecule has 0 saturated carbocycles. The molecule has 1 aromatic rings. The van der Waals surface area contributed by atoms with Crippen LogP contribution in [0.15, 0.2) is 35.5 Å². The molecule has 1 aliphatic heterocycles. The molecule has 4 nitrogen and oxygen atoms in total. The normalized spacial score (nSPS) is 18.8. The maximum absolute atomic E-state index is 11.7. The molecular formula is C12H14N2O2. The van der Waals surface area contributed by atoms with E-state index in [0.29, 0.717) is 12.1 Å². The molecule has 0 fully saturated rings. The second-order valence-electron chi connectivity index (χ2n) is 3.83. The van der Waals surface area contributed by atoms with Crippen molar-refractivity contribution in [1.29, 1.82) is 0 Å². The SMILES string of the molecule is CC1=NO[C@H](CNC(=O)c2ccccc2)C1. The van der Waals surface area contributed by atoms with Gasteiger partial charge >= 0.3 is 0 Å². The van der Waals surface area contributed by atoms with Crippen LogP contribution in [0, 0.1) is 0 Å². The van der Waals surface area contributed by atoms with Gasteiger partial charge in [0.05, 0.1) is 12.3 Å². The molecule has 0 radical (unpaired) electrons. The van der Waals surface area contributed by atoms with Gasteiger partial charge in [0, 0.05) is 12.0 Å². The molecule has 1 amide bonds. The van der Waals surface area contributed by atoms with Crippen LogP contribution in [0.5, 0.6) is 0 Å². The van der Waals surface area contributed by atoms with Crippen LogP contribution >= 0.6 is 0 Å². The topological polar surface area (TPSA) is 50.7 Å². The molecule has 4 heteroatoms. The van der Waals surface area contributed by atoms with E-state index in [1.54, 1.807) is 12.1 Å². The van der Waals surface area contributed by atoms with Gasteiger partial charge in [-0.3, -0.25) is 4.79 Å². The van der Waals surface area contributed by atoms with Crippen LogP contribution in [0.1, 0.15) is 23.7 Å². The second-order valence-corrected chi connectivity index (χ2v) is 3.83. The van der Waals surface area contributed by atoms with E-state index in [4.69, 9.17) is 4.84 Å². The van der Waals surface area contributed by atoms with Crippen molar-refractivity contribution in [2.75, 3.05) is 6.54 Å². The summed E-state index contributed by atoms with van der Waals surface area (Å²) in [4.78, 5) is 16.8. The van der Waals surface area contributed by atoms with Gasteiger partial charge in [-0.2, -0.15) is 0 Å². The Morgan fingerprint density at radius 1 is 1.50 bits per heavy atom. The van der Waals surface area contributed by atoms with Crippen LogP contribution in [0.2, 0.25) is 0 Å². The Labute approximate surface area is 94.3 Å². The smallest absolute Gasteiger partial charge is 0.251 e. The summed E-state index contributed by atoms with van der Waals surface area (Å²) in [7, 11) is 0.